The molecule has 180 valence electrons. The number of halogens is 1. The van der Waals surface area contributed by atoms with Crippen LogP contribution in [-0.2, 0) is 29.2 Å². The lowest BCUT2D eigenvalue weighted by molar-refractivity contribution is -0.132. The van der Waals surface area contributed by atoms with Gasteiger partial charge in [0.2, 0.25) is 5.91 Å². The van der Waals surface area contributed by atoms with Crippen LogP contribution in [0.3, 0.4) is 0 Å². The van der Waals surface area contributed by atoms with Gasteiger partial charge in [-0.05, 0) is 35.4 Å². The van der Waals surface area contributed by atoms with Crippen molar-refractivity contribution >= 4 is 17.5 Å². The predicted molar refractivity (Wildman–Crippen MR) is 129 cm³/mol. The highest BCUT2D eigenvalue weighted by Gasteiger charge is 2.25. The summed E-state index contributed by atoms with van der Waals surface area (Å²) in [7, 11) is 0. The molecule has 0 aliphatic carbocycles. The lowest BCUT2D eigenvalue weighted by Gasteiger charge is -2.34. The molecule has 34 heavy (non-hydrogen) atoms. The zero-order valence-electron chi connectivity index (χ0n) is 19.7. The third-order valence-corrected chi connectivity index (χ3v) is 6.48. The molecule has 2 amide bonds. The number of nitrogens with one attached hydrogen (secondary N) is 1. The lowest BCUT2D eigenvalue weighted by atomic mass is 10.1. The molecule has 0 unspecified atom stereocenters. The molecule has 0 radical (unpaired) electrons. The Kier molecular flexibility index (Phi) is 8.03. The maximum absolute atomic E-state index is 13.2. The maximum atomic E-state index is 13.2. The van der Waals surface area contributed by atoms with E-state index in [1.54, 1.807) is 12.1 Å². The van der Waals surface area contributed by atoms with Crippen molar-refractivity contribution in [2.45, 2.75) is 39.4 Å². The molecular weight excluding hydrogens is 433 g/mol. The van der Waals surface area contributed by atoms with E-state index in [0.717, 1.165) is 50.4 Å². The molecule has 2 aliphatic heterocycles. The quantitative estimate of drug-likeness (QED) is 0.651. The molecule has 1 N–H and O–H groups in total. The average molecular weight is 466 g/mol. The summed E-state index contributed by atoms with van der Waals surface area (Å²) in [4.78, 5) is 30.0. The van der Waals surface area contributed by atoms with Crippen LogP contribution in [0.4, 0.5) is 4.39 Å². The Morgan fingerprint density at radius 2 is 1.62 bits per heavy atom. The normalized spacial score (nSPS) is 17.5. The molecule has 0 spiro atoms. The van der Waals surface area contributed by atoms with E-state index in [0.29, 0.717) is 18.7 Å². The second kappa shape index (κ2) is 11.4. The van der Waals surface area contributed by atoms with Gasteiger partial charge in [-0.15, -0.1) is 0 Å². The number of benzene rings is 2. The number of hydrogen-bond acceptors (Lipinski definition) is 5. The second-order valence-electron chi connectivity index (χ2n) is 8.79. The summed E-state index contributed by atoms with van der Waals surface area (Å²) in [5.74, 6) is -0.738. The first kappa shape index (κ1) is 24.0. The van der Waals surface area contributed by atoms with Crippen molar-refractivity contribution in [1.82, 2.24) is 20.1 Å². The smallest absolute Gasteiger partial charge is 0.267 e. The van der Waals surface area contributed by atoms with Gasteiger partial charge in [-0.3, -0.25) is 14.5 Å². The van der Waals surface area contributed by atoms with E-state index in [-0.39, 0.29) is 30.6 Å². The zero-order chi connectivity index (χ0) is 23.9. The van der Waals surface area contributed by atoms with Crippen molar-refractivity contribution in [1.29, 1.82) is 0 Å². The number of carbonyl (C=O) groups excluding carboxylic acids is 2. The van der Waals surface area contributed by atoms with Gasteiger partial charge >= 0.3 is 0 Å². The van der Waals surface area contributed by atoms with Crippen LogP contribution in [0.1, 0.15) is 36.5 Å². The first-order valence-electron chi connectivity index (χ1n) is 11.9. The van der Waals surface area contributed by atoms with E-state index in [1.807, 2.05) is 18.2 Å². The first-order chi connectivity index (χ1) is 16.5. The monoisotopic (exact) mass is 465 g/mol. The molecule has 8 heteroatoms. The van der Waals surface area contributed by atoms with Crippen LogP contribution >= 0.6 is 0 Å². The molecule has 2 aliphatic rings. The van der Waals surface area contributed by atoms with Gasteiger partial charge < -0.3 is 10.2 Å². The molecule has 7 nitrogen and oxygen atoms in total. The highest BCUT2D eigenvalue weighted by atomic mass is 19.1. The number of likely N-dealkylation sites (N-methyl/N-ethyl adjacent to an activating group) is 1. The number of piperazine rings is 1. The van der Waals surface area contributed by atoms with E-state index < -0.39 is 0 Å². The molecule has 2 aromatic carbocycles. The molecule has 0 bridgehead atoms. The highest BCUT2D eigenvalue weighted by molar-refractivity contribution is 6.39. The summed E-state index contributed by atoms with van der Waals surface area (Å²) in [6, 6.07) is 14.1. The topological polar surface area (TPSA) is 68.2 Å². The molecular formula is C26H32FN5O2. The van der Waals surface area contributed by atoms with Crippen molar-refractivity contribution in [3.05, 3.63) is 71.0 Å². The number of nitrogens with zero attached hydrogens (tertiary/aromatic N) is 4. The largest absolute Gasteiger partial charge is 0.347 e. The van der Waals surface area contributed by atoms with Gasteiger partial charge in [-0.25, -0.2) is 9.40 Å². The van der Waals surface area contributed by atoms with Crippen molar-refractivity contribution < 1.29 is 14.0 Å². The molecule has 0 saturated carbocycles. The maximum Gasteiger partial charge on any atom is 0.267 e. The molecule has 1 saturated heterocycles. The van der Waals surface area contributed by atoms with E-state index in [2.05, 4.69) is 33.2 Å². The highest BCUT2D eigenvalue weighted by Crippen LogP contribution is 2.16. The fourth-order valence-corrected chi connectivity index (χ4v) is 4.32. The standard InChI is InChI=1S/C26H32FN5O2/c1-2-30-13-15-31(16-14-30)19-22-6-4-3-5-21(22)17-28-26(34)24-11-12-25(33)32(29-24)18-20-7-9-23(27)10-8-20/h3-10H,2,11-19H2,1H3,(H,28,34). The van der Waals surface area contributed by atoms with Crippen molar-refractivity contribution in [3.8, 4) is 0 Å². The molecule has 0 aromatic heterocycles. The van der Waals surface area contributed by atoms with Crippen LogP contribution in [0.2, 0.25) is 0 Å². The molecule has 2 heterocycles. The van der Waals surface area contributed by atoms with Gasteiger partial charge in [-0.1, -0.05) is 43.3 Å². The second-order valence-corrected chi connectivity index (χ2v) is 8.79. The fourth-order valence-electron chi connectivity index (χ4n) is 4.32. The zero-order valence-corrected chi connectivity index (χ0v) is 19.7. The number of rotatable bonds is 8. The first-order valence-corrected chi connectivity index (χ1v) is 11.9. The molecule has 4 rings (SSSR count). The third-order valence-electron chi connectivity index (χ3n) is 6.48. The van der Waals surface area contributed by atoms with Crippen LogP contribution < -0.4 is 5.32 Å². The summed E-state index contributed by atoms with van der Waals surface area (Å²) in [5.41, 5.74) is 3.40. The van der Waals surface area contributed by atoms with Crippen molar-refractivity contribution in [2.24, 2.45) is 5.10 Å². The third kappa shape index (κ3) is 6.27. The minimum Gasteiger partial charge on any atom is -0.347 e. The Balaban J connectivity index is 1.36. The van der Waals surface area contributed by atoms with Crippen LogP contribution in [0, 0.1) is 5.82 Å². The SMILES string of the molecule is CCN1CCN(Cc2ccccc2CNC(=O)C2=NN(Cc3ccc(F)cc3)C(=O)CC2)CC1. The number of amides is 2. The Labute approximate surface area is 200 Å². The van der Waals surface area contributed by atoms with Gasteiger partial charge in [0.15, 0.2) is 0 Å². The van der Waals surface area contributed by atoms with E-state index in [1.165, 1.54) is 22.7 Å². The summed E-state index contributed by atoms with van der Waals surface area (Å²) in [5, 5.41) is 8.59. The van der Waals surface area contributed by atoms with Crippen LogP contribution in [-0.4, -0.2) is 65.1 Å². The van der Waals surface area contributed by atoms with Crippen LogP contribution in [0.5, 0.6) is 0 Å². The van der Waals surface area contributed by atoms with Gasteiger partial charge in [-0.2, -0.15) is 5.10 Å². The molecule has 0 atom stereocenters. The minimum absolute atomic E-state index is 0.144. The Morgan fingerprint density at radius 1 is 0.941 bits per heavy atom. The Hall–Kier alpha value is -3.10. The summed E-state index contributed by atoms with van der Waals surface area (Å²) in [6.45, 7) is 9.04. The van der Waals surface area contributed by atoms with Crippen molar-refractivity contribution in [3.63, 3.8) is 0 Å². The van der Waals surface area contributed by atoms with Crippen molar-refractivity contribution in [2.75, 3.05) is 32.7 Å². The fraction of sp³-hybridized carbons (Fsp3) is 0.423. The van der Waals surface area contributed by atoms with E-state index in [4.69, 9.17) is 0 Å². The Bertz CT molecular complexity index is 1030. The van der Waals surface area contributed by atoms with Crippen LogP contribution in [0.15, 0.2) is 53.6 Å². The summed E-state index contributed by atoms with van der Waals surface area (Å²) in [6.07, 6.45) is 0.543. The minimum atomic E-state index is -0.333. The van der Waals surface area contributed by atoms with Gasteiger partial charge in [0, 0.05) is 52.1 Å². The van der Waals surface area contributed by atoms with E-state index >= 15 is 0 Å². The van der Waals surface area contributed by atoms with Gasteiger partial charge in [0.05, 0.1) is 6.54 Å². The average Bonchev–Trinajstić information content (AvgIpc) is 2.86. The molecule has 2 aromatic rings. The summed E-state index contributed by atoms with van der Waals surface area (Å²) >= 11 is 0. The lowest BCUT2D eigenvalue weighted by Crippen LogP contribution is -2.45. The number of hydrazone groups is 1. The Morgan fingerprint density at radius 3 is 2.32 bits per heavy atom. The number of hydrogen-bond donors (Lipinski definition) is 1. The summed E-state index contributed by atoms with van der Waals surface area (Å²) < 4.78 is 13.2. The van der Waals surface area contributed by atoms with E-state index in [9.17, 15) is 14.0 Å². The van der Waals surface area contributed by atoms with Crippen LogP contribution in [0.25, 0.3) is 0 Å². The van der Waals surface area contributed by atoms with Gasteiger partial charge in [0.25, 0.3) is 5.91 Å². The number of carbonyl (C=O) groups is 2. The molecule has 1 fully saturated rings. The predicted octanol–water partition coefficient (Wildman–Crippen LogP) is 2.76. The van der Waals surface area contributed by atoms with Gasteiger partial charge in [0.1, 0.15) is 11.5 Å².